The molecule has 1 aromatic rings. The zero-order valence-electron chi connectivity index (χ0n) is 13.2. The van der Waals surface area contributed by atoms with Crippen molar-refractivity contribution < 1.29 is 9.59 Å². The number of benzene rings is 1. The number of carbonyl (C=O) groups excluding carboxylic acids is 2. The van der Waals surface area contributed by atoms with Gasteiger partial charge in [0.1, 0.15) is 0 Å². The van der Waals surface area contributed by atoms with Crippen LogP contribution in [0, 0.1) is 18.8 Å². The van der Waals surface area contributed by atoms with Gasteiger partial charge in [-0.1, -0.05) is 13.8 Å². The molecule has 0 saturated heterocycles. The summed E-state index contributed by atoms with van der Waals surface area (Å²) in [5, 5.41) is 5.47. The summed E-state index contributed by atoms with van der Waals surface area (Å²) < 4.78 is 0. The highest BCUT2D eigenvalue weighted by atomic mass is 16.2. The number of nitrogens with one attached hydrogen (secondary N) is 2. The first-order chi connectivity index (χ1) is 9.88. The van der Waals surface area contributed by atoms with E-state index < -0.39 is 0 Å². The van der Waals surface area contributed by atoms with Crippen LogP contribution in [0.4, 0.5) is 5.69 Å². The van der Waals surface area contributed by atoms with Crippen LogP contribution in [-0.2, 0) is 4.79 Å². The summed E-state index contributed by atoms with van der Waals surface area (Å²) in [7, 11) is 1.59. The average Bonchev–Trinajstić information content (AvgIpc) is 2.45. The standard InChI is InChI=1S/C16H25N3O2/c1-10(2)7-13(9-17)16(21)19-14-6-5-12(8-11(14)3)15(20)18-4/h5-6,8,10,13H,7,9,17H2,1-4H3,(H,18,20)(H,19,21). The van der Waals surface area contributed by atoms with Gasteiger partial charge in [0.05, 0.1) is 5.92 Å². The molecule has 5 nitrogen and oxygen atoms in total. The topological polar surface area (TPSA) is 84.2 Å². The molecule has 1 rings (SSSR count). The summed E-state index contributed by atoms with van der Waals surface area (Å²) in [4.78, 5) is 23.8. The van der Waals surface area contributed by atoms with E-state index in [1.54, 1.807) is 25.2 Å². The van der Waals surface area contributed by atoms with E-state index in [2.05, 4.69) is 24.5 Å². The third kappa shape index (κ3) is 4.86. The zero-order valence-corrected chi connectivity index (χ0v) is 13.2. The molecule has 0 radical (unpaired) electrons. The number of carbonyl (C=O) groups is 2. The fourth-order valence-corrected chi connectivity index (χ4v) is 2.20. The predicted octanol–water partition coefficient (Wildman–Crippen LogP) is 1.91. The van der Waals surface area contributed by atoms with Gasteiger partial charge < -0.3 is 16.4 Å². The Morgan fingerprint density at radius 2 is 1.95 bits per heavy atom. The lowest BCUT2D eigenvalue weighted by atomic mass is 9.96. The van der Waals surface area contributed by atoms with Crippen LogP contribution in [0.2, 0.25) is 0 Å². The Bertz CT molecular complexity index is 512. The van der Waals surface area contributed by atoms with Gasteiger partial charge in [0, 0.05) is 24.8 Å². The Labute approximate surface area is 126 Å². The van der Waals surface area contributed by atoms with Gasteiger partial charge in [-0.25, -0.2) is 0 Å². The smallest absolute Gasteiger partial charge is 0.251 e. The van der Waals surface area contributed by atoms with Crippen molar-refractivity contribution >= 4 is 17.5 Å². The maximum absolute atomic E-state index is 12.2. The SMILES string of the molecule is CNC(=O)c1ccc(NC(=O)C(CN)CC(C)C)c(C)c1. The molecule has 0 aliphatic carbocycles. The normalized spacial score (nSPS) is 12.1. The second-order valence-electron chi connectivity index (χ2n) is 5.66. The minimum absolute atomic E-state index is 0.0676. The molecule has 0 fully saturated rings. The van der Waals surface area contributed by atoms with Crippen molar-refractivity contribution in [3.63, 3.8) is 0 Å². The summed E-state index contributed by atoms with van der Waals surface area (Å²) in [6, 6.07) is 5.20. The Hall–Kier alpha value is -1.88. The largest absolute Gasteiger partial charge is 0.355 e. The molecule has 1 aromatic carbocycles. The molecule has 1 unspecified atom stereocenters. The second-order valence-corrected chi connectivity index (χ2v) is 5.66. The third-order valence-electron chi connectivity index (χ3n) is 3.38. The maximum Gasteiger partial charge on any atom is 0.251 e. The summed E-state index contributed by atoms with van der Waals surface area (Å²) in [5.74, 6) is 0.0154. The van der Waals surface area contributed by atoms with Crippen molar-refractivity contribution in [3.8, 4) is 0 Å². The van der Waals surface area contributed by atoms with Gasteiger partial charge in [-0.2, -0.15) is 0 Å². The Kier molecular flexibility index (Phi) is 6.37. The molecule has 0 bridgehead atoms. The Morgan fingerprint density at radius 1 is 1.29 bits per heavy atom. The first kappa shape index (κ1) is 17.2. The van der Waals surface area contributed by atoms with E-state index in [1.807, 2.05) is 6.92 Å². The van der Waals surface area contributed by atoms with Crippen molar-refractivity contribution in [2.24, 2.45) is 17.6 Å². The minimum Gasteiger partial charge on any atom is -0.355 e. The van der Waals surface area contributed by atoms with Crippen LogP contribution >= 0.6 is 0 Å². The summed E-state index contributed by atoms with van der Waals surface area (Å²) >= 11 is 0. The van der Waals surface area contributed by atoms with Crippen LogP contribution in [-0.4, -0.2) is 25.4 Å². The molecule has 4 N–H and O–H groups in total. The van der Waals surface area contributed by atoms with Gasteiger partial charge in [-0.15, -0.1) is 0 Å². The van der Waals surface area contributed by atoms with Crippen LogP contribution in [0.15, 0.2) is 18.2 Å². The van der Waals surface area contributed by atoms with E-state index in [1.165, 1.54) is 0 Å². The summed E-state index contributed by atoms with van der Waals surface area (Å²) in [6.45, 7) is 6.33. The van der Waals surface area contributed by atoms with E-state index in [0.29, 0.717) is 18.0 Å². The first-order valence-electron chi connectivity index (χ1n) is 7.22. The lowest BCUT2D eigenvalue weighted by Crippen LogP contribution is -2.30. The number of nitrogens with two attached hydrogens (primary N) is 1. The molecule has 0 aromatic heterocycles. The highest BCUT2D eigenvalue weighted by Gasteiger charge is 2.19. The van der Waals surface area contributed by atoms with Crippen LogP contribution in [0.3, 0.4) is 0 Å². The molecule has 0 aliphatic rings. The van der Waals surface area contributed by atoms with Crippen molar-refractivity contribution in [2.45, 2.75) is 27.2 Å². The Balaban J connectivity index is 2.83. The van der Waals surface area contributed by atoms with Crippen molar-refractivity contribution in [1.82, 2.24) is 5.32 Å². The molecular weight excluding hydrogens is 266 g/mol. The maximum atomic E-state index is 12.2. The van der Waals surface area contributed by atoms with Gasteiger partial charge in [0.2, 0.25) is 5.91 Å². The van der Waals surface area contributed by atoms with Gasteiger partial charge in [0.15, 0.2) is 0 Å². The highest BCUT2D eigenvalue weighted by Crippen LogP contribution is 2.19. The molecule has 0 aliphatic heterocycles. The van der Waals surface area contributed by atoms with Gasteiger partial charge in [-0.3, -0.25) is 9.59 Å². The third-order valence-corrected chi connectivity index (χ3v) is 3.38. The molecule has 116 valence electrons. The molecule has 2 amide bonds. The van der Waals surface area contributed by atoms with Crippen LogP contribution in [0.25, 0.3) is 0 Å². The van der Waals surface area contributed by atoms with E-state index in [0.717, 1.165) is 17.7 Å². The van der Waals surface area contributed by atoms with Crippen LogP contribution in [0.1, 0.15) is 36.2 Å². The lowest BCUT2D eigenvalue weighted by Gasteiger charge is -2.18. The molecule has 5 heteroatoms. The number of hydrogen-bond acceptors (Lipinski definition) is 3. The van der Waals surface area contributed by atoms with Crippen LogP contribution < -0.4 is 16.4 Å². The lowest BCUT2D eigenvalue weighted by molar-refractivity contribution is -0.120. The van der Waals surface area contributed by atoms with Crippen LogP contribution in [0.5, 0.6) is 0 Å². The minimum atomic E-state index is -0.192. The molecule has 0 spiro atoms. The fraction of sp³-hybridized carbons (Fsp3) is 0.500. The second kappa shape index (κ2) is 7.78. The molecular formula is C16H25N3O2. The fourth-order valence-electron chi connectivity index (χ4n) is 2.20. The molecule has 1 atom stereocenters. The quantitative estimate of drug-likeness (QED) is 0.748. The number of hydrogen-bond donors (Lipinski definition) is 3. The summed E-state index contributed by atoms with van der Waals surface area (Å²) in [6.07, 6.45) is 0.762. The zero-order chi connectivity index (χ0) is 16.0. The van der Waals surface area contributed by atoms with Crippen molar-refractivity contribution in [2.75, 3.05) is 18.9 Å². The number of anilines is 1. The van der Waals surface area contributed by atoms with Crippen molar-refractivity contribution in [3.05, 3.63) is 29.3 Å². The number of aryl methyl sites for hydroxylation is 1. The van der Waals surface area contributed by atoms with E-state index in [-0.39, 0.29) is 17.7 Å². The monoisotopic (exact) mass is 291 g/mol. The number of rotatable bonds is 6. The van der Waals surface area contributed by atoms with E-state index in [4.69, 9.17) is 5.73 Å². The van der Waals surface area contributed by atoms with Gasteiger partial charge >= 0.3 is 0 Å². The molecule has 21 heavy (non-hydrogen) atoms. The van der Waals surface area contributed by atoms with E-state index >= 15 is 0 Å². The van der Waals surface area contributed by atoms with Gasteiger partial charge in [0.25, 0.3) is 5.91 Å². The van der Waals surface area contributed by atoms with Gasteiger partial charge in [-0.05, 0) is 43.0 Å². The molecule has 0 heterocycles. The predicted molar refractivity (Wildman–Crippen MR) is 85.2 cm³/mol. The Morgan fingerprint density at radius 3 is 2.43 bits per heavy atom. The molecule has 0 saturated carbocycles. The first-order valence-corrected chi connectivity index (χ1v) is 7.22. The average molecular weight is 291 g/mol. The highest BCUT2D eigenvalue weighted by molar-refractivity contribution is 5.97. The number of amides is 2. The summed E-state index contributed by atoms with van der Waals surface area (Å²) in [5.41, 5.74) is 7.83. The van der Waals surface area contributed by atoms with Crippen molar-refractivity contribution in [1.29, 1.82) is 0 Å². The van der Waals surface area contributed by atoms with E-state index in [9.17, 15) is 9.59 Å².